The van der Waals surface area contributed by atoms with E-state index in [2.05, 4.69) is 69.8 Å². The van der Waals surface area contributed by atoms with Crippen LogP contribution in [0.2, 0.25) is 0 Å². The molecule has 1 amide bonds. The predicted octanol–water partition coefficient (Wildman–Crippen LogP) is 3.52. The van der Waals surface area contributed by atoms with Crippen LogP contribution in [-0.2, 0) is 17.8 Å². The molecule has 0 atom stereocenters. The predicted molar refractivity (Wildman–Crippen MR) is 112 cm³/mol. The number of piperidine rings is 1. The Bertz CT molecular complexity index is 926. The Morgan fingerprint density at radius 1 is 1.14 bits per heavy atom. The lowest BCUT2D eigenvalue weighted by molar-refractivity contribution is -0.132. The molecule has 5 heteroatoms. The summed E-state index contributed by atoms with van der Waals surface area (Å²) in [5, 5.41) is 11.3. The van der Waals surface area contributed by atoms with Crippen molar-refractivity contribution in [3.63, 3.8) is 0 Å². The van der Waals surface area contributed by atoms with Crippen LogP contribution in [0.4, 0.5) is 0 Å². The first-order chi connectivity index (χ1) is 13.6. The van der Waals surface area contributed by atoms with Gasteiger partial charge in [0.25, 0.3) is 0 Å². The van der Waals surface area contributed by atoms with Gasteiger partial charge in [0.2, 0.25) is 5.91 Å². The van der Waals surface area contributed by atoms with Crippen LogP contribution in [-0.4, -0.2) is 40.6 Å². The van der Waals surface area contributed by atoms with Crippen LogP contribution in [0.5, 0.6) is 0 Å². The molecule has 1 fully saturated rings. The summed E-state index contributed by atoms with van der Waals surface area (Å²) in [4.78, 5) is 15.2. The van der Waals surface area contributed by atoms with Gasteiger partial charge in [0, 0.05) is 23.9 Å². The molecule has 5 nitrogen and oxygen atoms in total. The lowest BCUT2D eigenvalue weighted by Crippen LogP contribution is -2.47. The molecule has 2 aromatic carbocycles. The summed E-state index contributed by atoms with van der Waals surface area (Å²) >= 11 is 0. The highest BCUT2D eigenvalue weighted by Gasteiger charge is 2.36. The molecule has 28 heavy (non-hydrogen) atoms. The quantitative estimate of drug-likeness (QED) is 0.692. The van der Waals surface area contributed by atoms with Gasteiger partial charge in [-0.05, 0) is 49.5 Å². The Labute approximate surface area is 166 Å². The molecule has 2 N–H and O–H groups in total. The van der Waals surface area contributed by atoms with E-state index in [1.54, 1.807) is 0 Å². The standard InChI is InChI=1S/C23H28N4O/c1-23(10-13-27(14-11-23)17-19-5-3-2-4-6-19)22(28)24-12-9-18-7-8-20-16-25-26-21(20)15-18/h2-8,15-16H,9-14,17H2,1H3,(H,24,28)(H,25,26). The molecule has 146 valence electrons. The highest BCUT2D eigenvalue weighted by molar-refractivity contribution is 5.82. The fraction of sp³-hybridized carbons (Fsp3) is 0.391. The van der Waals surface area contributed by atoms with Gasteiger partial charge in [-0.1, -0.05) is 49.4 Å². The first-order valence-electron chi connectivity index (χ1n) is 10.1. The zero-order valence-electron chi connectivity index (χ0n) is 16.4. The van der Waals surface area contributed by atoms with Gasteiger partial charge >= 0.3 is 0 Å². The Balaban J connectivity index is 1.25. The van der Waals surface area contributed by atoms with Crippen LogP contribution in [0.1, 0.15) is 30.9 Å². The molecule has 0 aliphatic carbocycles. The molecular formula is C23H28N4O. The van der Waals surface area contributed by atoms with Crippen molar-refractivity contribution >= 4 is 16.8 Å². The van der Waals surface area contributed by atoms with E-state index in [1.165, 1.54) is 11.1 Å². The van der Waals surface area contributed by atoms with Gasteiger partial charge in [-0.2, -0.15) is 5.10 Å². The van der Waals surface area contributed by atoms with Crippen LogP contribution < -0.4 is 5.32 Å². The zero-order chi connectivity index (χ0) is 19.4. The topological polar surface area (TPSA) is 61.0 Å². The largest absolute Gasteiger partial charge is 0.355 e. The summed E-state index contributed by atoms with van der Waals surface area (Å²) in [5.74, 6) is 0.189. The number of likely N-dealkylation sites (tertiary alicyclic amines) is 1. The second-order valence-corrected chi connectivity index (χ2v) is 8.12. The molecule has 0 spiro atoms. The highest BCUT2D eigenvalue weighted by Crippen LogP contribution is 2.31. The molecular weight excluding hydrogens is 348 g/mol. The molecule has 2 heterocycles. The lowest BCUT2D eigenvalue weighted by atomic mass is 9.79. The number of rotatable bonds is 6. The van der Waals surface area contributed by atoms with E-state index in [0.29, 0.717) is 6.54 Å². The average Bonchev–Trinajstić information content (AvgIpc) is 3.18. The Hall–Kier alpha value is -2.66. The number of benzene rings is 2. The van der Waals surface area contributed by atoms with Gasteiger partial charge < -0.3 is 5.32 Å². The molecule has 0 bridgehead atoms. The Morgan fingerprint density at radius 2 is 1.93 bits per heavy atom. The number of aromatic amines is 1. The average molecular weight is 377 g/mol. The third-order valence-electron chi connectivity index (χ3n) is 5.96. The molecule has 0 radical (unpaired) electrons. The number of H-pyrrole nitrogens is 1. The van der Waals surface area contributed by atoms with Gasteiger partial charge in [0.05, 0.1) is 11.7 Å². The van der Waals surface area contributed by atoms with E-state index >= 15 is 0 Å². The summed E-state index contributed by atoms with van der Waals surface area (Å²) in [6.45, 7) is 5.68. The Kier molecular flexibility index (Phi) is 5.44. The Morgan fingerprint density at radius 3 is 2.71 bits per heavy atom. The van der Waals surface area contributed by atoms with Crippen LogP contribution in [0, 0.1) is 5.41 Å². The van der Waals surface area contributed by atoms with Crippen molar-refractivity contribution in [3.8, 4) is 0 Å². The van der Waals surface area contributed by atoms with Crippen molar-refractivity contribution in [2.75, 3.05) is 19.6 Å². The van der Waals surface area contributed by atoms with Crippen LogP contribution in [0.3, 0.4) is 0 Å². The fourth-order valence-corrected chi connectivity index (χ4v) is 3.95. The maximum absolute atomic E-state index is 12.8. The molecule has 3 aromatic rings. The second-order valence-electron chi connectivity index (χ2n) is 8.12. The molecule has 1 aliphatic rings. The summed E-state index contributed by atoms with van der Waals surface area (Å²) in [5.41, 5.74) is 3.33. The van der Waals surface area contributed by atoms with Crippen molar-refractivity contribution in [1.29, 1.82) is 0 Å². The van der Waals surface area contributed by atoms with Crippen LogP contribution in [0.25, 0.3) is 10.9 Å². The van der Waals surface area contributed by atoms with Crippen molar-refractivity contribution in [1.82, 2.24) is 20.4 Å². The number of hydrogen-bond acceptors (Lipinski definition) is 3. The number of nitrogens with zero attached hydrogens (tertiary/aromatic N) is 2. The smallest absolute Gasteiger partial charge is 0.226 e. The molecule has 0 saturated carbocycles. The maximum atomic E-state index is 12.8. The van der Waals surface area contributed by atoms with Crippen LogP contribution in [0.15, 0.2) is 54.7 Å². The van der Waals surface area contributed by atoms with Gasteiger partial charge in [-0.15, -0.1) is 0 Å². The summed E-state index contributed by atoms with van der Waals surface area (Å²) in [6, 6.07) is 16.8. The summed E-state index contributed by atoms with van der Waals surface area (Å²) in [6.07, 6.45) is 4.47. The molecule has 4 rings (SSSR count). The van der Waals surface area contributed by atoms with E-state index < -0.39 is 0 Å². The maximum Gasteiger partial charge on any atom is 0.226 e. The van der Waals surface area contributed by atoms with Crippen molar-refractivity contribution in [2.24, 2.45) is 5.41 Å². The van der Waals surface area contributed by atoms with E-state index in [4.69, 9.17) is 0 Å². The lowest BCUT2D eigenvalue weighted by Gasteiger charge is -2.38. The first kappa shape index (κ1) is 18.7. The first-order valence-corrected chi connectivity index (χ1v) is 10.1. The number of fused-ring (bicyclic) bond motifs is 1. The van der Waals surface area contributed by atoms with E-state index in [1.807, 2.05) is 12.3 Å². The van der Waals surface area contributed by atoms with Crippen molar-refractivity contribution in [3.05, 3.63) is 65.9 Å². The number of nitrogens with one attached hydrogen (secondary N) is 2. The van der Waals surface area contributed by atoms with Gasteiger partial charge in [0.15, 0.2) is 0 Å². The van der Waals surface area contributed by atoms with Crippen molar-refractivity contribution < 1.29 is 4.79 Å². The van der Waals surface area contributed by atoms with E-state index in [9.17, 15) is 4.79 Å². The molecule has 1 aliphatic heterocycles. The third-order valence-corrected chi connectivity index (χ3v) is 5.96. The minimum Gasteiger partial charge on any atom is -0.355 e. The summed E-state index contributed by atoms with van der Waals surface area (Å²) < 4.78 is 0. The zero-order valence-corrected chi connectivity index (χ0v) is 16.4. The van der Waals surface area contributed by atoms with E-state index in [0.717, 1.165) is 49.8 Å². The number of amides is 1. The minimum absolute atomic E-state index is 0.189. The van der Waals surface area contributed by atoms with Crippen molar-refractivity contribution in [2.45, 2.75) is 32.7 Å². The summed E-state index contributed by atoms with van der Waals surface area (Å²) in [7, 11) is 0. The normalized spacial score (nSPS) is 16.9. The van der Waals surface area contributed by atoms with Gasteiger partial charge in [-0.3, -0.25) is 14.8 Å². The molecule has 1 aromatic heterocycles. The van der Waals surface area contributed by atoms with Gasteiger partial charge in [0.1, 0.15) is 0 Å². The molecule has 0 unspecified atom stereocenters. The number of carbonyl (C=O) groups is 1. The van der Waals surface area contributed by atoms with Gasteiger partial charge in [-0.25, -0.2) is 0 Å². The highest BCUT2D eigenvalue weighted by atomic mass is 16.2. The van der Waals surface area contributed by atoms with Crippen LogP contribution >= 0.6 is 0 Å². The SMILES string of the molecule is CC1(C(=O)NCCc2ccc3cn[nH]c3c2)CCN(Cc2ccccc2)CC1. The third kappa shape index (κ3) is 4.25. The number of hydrogen-bond donors (Lipinski definition) is 2. The number of aromatic nitrogens is 2. The number of carbonyl (C=O) groups excluding carboxylic acids is 1. The minimum atomic E-state index is -0.263. The van der Waals surface area contributed by atoms with E-state index in [-0.39, 0.29) is 11.3 Å². The molecule has 1 saturated heterocycles. The monoisotopic (exact) mass is 376 g/mol. The fourth-order valence-electron chi connectivity index (χ4n) is 3.95. The second kappa shape index (κ2) is 8.15.